The van der Waals surface area contributed by atoms with E-state index in [1.54, 1.807) is 14.0 Å². The number of nitrogens with zero attached hydrogens (tertiary/aromatic N) is 2. The third kappa shape index (κ3) is 3.38. The molecule has 0 aromatic carbocycles. The summed E-state index contributed by atoms with van der Waals surface area (Å²) in [4.78, 5) is 16.2. The maximum absolute atomic E-state index is 12.3. The molecule has 0 saturated carbocycles. The van der Waals surface area contributed by atoms with Gasteiger partial charge in [0.1, 0.15) is 0 Å². The van der Waals surface area contributed by atoms with Crippen molar-refractivity contribution in [1.82, 2.24) is 20.0 Å². The topological polar surface area (TPSA) is 93.1 Å². The molecule has 24 heavy (non-hydrogen) atoms. The monoisotopic (exact) mass is 368 g/mol. The predicted octanol–water partition coefficient (Wildman–Crippen LogP) is 1.68. The normalized spacial score (nSPS) is 14.9. The van der Waals surface area contributed by atoms with Crippen LogP contribution in [0.5, 0.6) is 0 Å². The molecule has 0 spiro atoms. The molecule has 0 saturated heterocycles. The summed E-state index contributed by atoms with van der Waals surface area (Å²) in [6.07, 6.45) is 6.93. The van der Waals surface area contributed by atoms with Crippen molar-refractivity contribution in [2.75, 3.05) is 0 Å². The Morgan fingerprint density at radius 1 is 1.29 bits per heavy atom. The Morgan fingerprint density at radius 3 is 2.75 bits per heavy atom. The number of carbonyl (C=O) groups is 1. The Balaban J connectivity index is 1.72. The predicted molar refractivity (Wildman–Crippen MR) is 91.3 cm³/mol. The molecule has 2 aromatic rings. The number of rotatable bonds is 4. The summed E-state index contributed by atoms with van der Waals surface area (Å²) in [6, 6.07) is 1.88. The fourth-order valence-corrected chi connectivity index (χ4v) is 5.27. The Hall–Kier alpha value is -1.71. The number of fused-ring (bicyclic) bond motifs is 1. The van der Waals surface area contributed by atoms with Gasteiger partial charge in [-0.1, -0.05) is 6.42 Å². The second kappa shape index (κ2) is 6.66. The van der Waals surface area contributed by atoms with Gasteiger partial charge in [0.05, 0.1) is 11.1 Å². The van der Waals surface area contributed by atoms with Crippen LogP contribution in [0.1, 0.15) is 44.9 Å². The highest BCUT2D eigenvalue weighted by atomic mass is 32.2. The molecule has 1 aliphatic rings. The minimum Gasteiger partial charge on any atom is -0.273 e. The lowest BCUT2D eigenvalue weighted by Gasteiger charge is -2.08. The van der Waals surface area contributed by atoms with E-state index in [-0.39, 0.29) is 5.03 Å². The SMILES string of the molecule is Cc1cnn(C)c1S(=O)(=O)NNC(=O)c1cc2c(s1)CCCCC2. The molecule has 1 aliphatic carbocycles. The van der Waals surface area contributed by atoms with Crippen molar-refractivity contribution in [1.29, 1.82) is 0 Å². The number of aromatic nitrogens is 2. The summed E-state index contributed by atoms with van der Waals surface area (Å²) in [5.74, 6) is -0.434. The van der Waals surface area contributed by atoms with Gasteiger partial charge in [-0.15, -0.1) is 16.2 Å². The molecule has 0 bridgehead atoms. The van der Waals surface area contributed by atoms with Crippen LogP contribution >= 0.6 is 11.3 Å². The van der Waals surface area contributed by atoms with Crippen LogP contribution in [0.25, 0.3) is 0 Å². The van der Waals surface area contributed by atoms with E-state index in [1.807, 2.05) is 6.07 Å². The molecule has 9 heteroatoms. The standard InChI is InChI=1S/C15H20N4O3S2/c1-10-9-16-19(2)15(10)24(21,22)18-17-14(20)13-8-11-6-4-3-5-7-12(11)23-13/h8-9,18H,3-7H2,1-2H3,(H,17,20). The van der Waals surface area contributed by atoms with Crippen molar-refractivity contribution in [2.24, 2.45) is 7.05 Å². The van der Waals surface area contributed by atoms with Crippen molar-refractivity contribution in [3.63, 3.8) is 0 Å². The van der Waals surface area contributed by atoms with Crippen LogP contribution in [0.3, 0.4) is 0 Å². The molecule has 1 amide bonds. The van der Waals surface area contributed by atoms with Gasteiger partial charge in [0.2, 0.25) is 0 Å². The smallest absolute Gasteiger partial charge is 0.273 e. The number of aryl methyl sites for hydroxylation is 4. The zero-order chi connectivity index (χ0) is 17.3. The number of sulfonamides is 1. The highest BCUT2D eigenvalue weighted by Gasteiger charge is 2.23. The van der Waals surface area contributed by atoms with E-state index in [1.165, 1.54) is 39.1 Å². The lowest BCUT2D eigenvalue weighted by Crippen LogP contribution is -2.42. The molecule has 0 radical (unpaired) electrons. The van der Waals surface area contributed by atoms with Crippen molar-refractivity contribution in [2.45, 2.75) is 44.1 Å². The zero-order valence-electron chi connectivity index (χ0n) is 13.6. The van der Waals surface area contributed by atoms with Gasteiger partial charge < -0.3 is 0 Å². The molecule has 3 rings (SSSR count). The van der Waals surface area contributed by atoms with Gasteiger partial charge in [-0.25, -0.2) is 8.42 Å². The third-order valence-electron chi connectivity index (χ3n) is 4.08. The van der Waals surface area contributed by atoms with E-state index >= 15 is 0 Å². The second-order valence-electron chi connectivity index (χ2n) is 5.94. The Bertz CT molecular complexity index is 824. The summed E-state index contributed by atoms with van der Waals surface area (Å²) in [5, 5.41) is 3.94. The van der Waals surface area contributed by atoms with Crippen LogP contribution in [0.4, 0.5) is 0 Å². The fraction of sp³-hybridized carbons (Fsp3) is 0.467. The summed E-state index contributed by atoms with van der Waals surface area (Å²) < 4.78 is 25.9. The first-order valence-electron chi connectivity index (χ1n) is 7.81. The zero-order valence-corrected chi connectivity index (χ0v) is 15.3. The average Bonchev–Trinajstić information content (AvgIpc) is 3.01. The van der Waals surface area contributed by atoms with E-state index in [4.69, 9.17) is 0 Å². The van der Waals surface area contributed by atoms with Crippen molar-refractivity contribution in [3.8, 4) is 0 Å². The highest BCUT2D eigenvalue weighted by molar-refractivity contribution is 7.89. The lowest BCUT2D eigenvalue weighted by molar-refractivity contribution is 0.0949. The molecule has 130 valence electrons. The highest BCUT2D eigenvalue weighted by Crippen LogP contribution is 2.28. The summed E-state index contributed by atoms with van der Waals surface area (Å²) in [7, 11) is -2.32. The first-order chi connectivity index (χ1) is 11.4. The molecule has 0 unspecified atom stereocenters. The number of thiophene rings is 1. The van der Waals surface area contributed by atoms with Gasteiger partial charge in [0, 0.05) is 17.5 Å². The van der Waals surface area contributed by atoms with Gasteiger partial charge in [0.15, 0.2) is 5.03 Å². The van der Waals surface area contributed by atoms with Crippen LogP contribution in [0.15, 0.2) is 17.3 Å². The third-order valence-corrected chi connectivity index (χ3v) is 6.78. The Morgan fingerprint density at radius 2 is 2.04 bits per heavy atom. The molecular weight excluding hydrogens is 348 g/mol. The number of hydrogen-bond donors (Lipinski definition) is 2. The molecule has 2 heterocycles. The molecule has 2 aromatic heterocycles. The molecule has 7 nitrogen and oxygen atoms in total. The van der Waals surface area contributed by atoms with Gasteiger partial charge >= 0.3 is 0 Å². The van der Waals surface area contributed by atoms with E-state index in [0.29, 0.717) is 10.4 Å². The lowest BCUT2D eigenvalue weighted by atomic mass is 10.1. The maximum Gasteiger partial charge on any atom is 0.276 e. The number of carbonyl (C=O) groups excluding carboxylic acids is 1. The van der Waals surface area contributed by atoms with Gasteiger partial charge in [-0.3, -0.25) is 14.9 Å². The van der Waals surface area contributed by atoms with Crippen molar-refractivity contribution >= 4 is 27.3 Å². The van der Waals surface area contributed by atoms with Crippen LogP contribution < -0.4 is 10.3 Å². The van der Waals surface area contributed by atoms with E-state index in [9.17, 15) is 13.2 Å². The first-order valence-corrected chi connectivity index (χ1v) is 10.1. The van der Waals surface area contributed by atoms with Gasteiger partial charge in [-0.05, 0) is 44.2 Å². The first kappa shape index (κ1) is 17.1. The van der Waals surface area contributed by atoms with Crippen molar-refractivity contribution in [3.05, 3.63) is 33.1 Å². The Labute approximate surface area is 145 Å². The summed E-state index contributed by atoms with van der Waals surface area (Å²) in [5.41, 5.74) is 4.03. The molecule has 2 N–H and O–H groups in total. The van der Waals surface area contributed by atoms with Crippen LogP contribution in [0, 0.1) is 6.92 Å². The van der Waals surface area contributed by atoms with Crippen LogP contribution in [0.2, 0.25) is 0 Å². The van der Waals surface area contributed by atoms with E-state index in [2.05, 4.69) is 15.4 Å². The number of nitrogens with one attached hydrogen (secondary N) is 2. The average molecular weight is 368 g/mol. The number of amides is 1. The quantitative estimate of drug-likeness (QED) is 0.634. The molecule has 0 aliphatic heterocycles. The largest absolute Gasteiger partial charge is 0.276 e. The number of hydrazine groups is 1. The molecule has 0 atom stereocenters. The van der Waals surface area contributed by atoms with Gasteiger partial charge in [-0.2, -0.15) is 5.10 Å². The van der Waals surface area contributed by atoms with E-state index < -0.39 is 15.9 Å². The second-order valence-corrected chi connectivity index (χ2v) is 8.67. The van der Waals surface area contributed by atoms with Gasteiger partial charge in [0.25, 0.3) is 15.9 Å². The maximum atomic E-state index is 12.3. The fourth-order valence-electron chi connectivity index (χ4n) is 2.92. The van der Waals surface area contributed by atoms with Crippen molar-refractivity contribution < 1.29 is 13.2 Å². The summed E-state index contributed by atoms with van der Waals surface area (Å²) in [6.45, 7) is 1.65. The number of hydrogen-bond acceptors (Lipinski definition) is 5. The Kier molecular flexibility index (Phi) is 4.75. The molecule has 0 fully saturated rings. The van der Waals surface area contributed by atoms with Crippen LogP contribution in [-0.2, 0) is 29.9 Å². The minimum absolute atomic E-state index is 0.0322. The van der Waals surface area contributed by atoms with E-state index in [0.717, 1.165) is 25.7 Å². The van der Waals surface area contributed by atoms with Crippen LogP contribution in [-0.4, -0.2) is 24.1 Å². The minimum atomic E-state index is -3.87. The molecular formula is C15H20N4O3S2. The summed E-state index contributed by atoms with van der Waals surface area (Å²) >= 11 is 1.45.